The summed E-state index contributed by atoms with van der Waals surface area (Å²) < 4.78 is 12.0. The summed E-state index contributed by atoms with van der Waals surface area (Å²) in [6.45, 7) is 3.43. The minimum absolute atomic E-state index is 0.0778. The van der Waals surface area contributed by atoms with Crippen molar-refractivity contribution in [2.45, 2.75) is 38.4 Å². The second-order valence-corrected chi connectivity index (χ2v) is 9.79. The molecule has 2 heterocycles. The lowest BCUT2D eigenvalue weighted by atomic mass is 10.0. The standard InChI is InChI=1S/C29H31ClN4O4/c1-18(38-27-9-4-8-24-29(27)20-6-2-3-7-23(20)32-24)25(35)17-31-14-5-15-37-26-12-10-19(16-21(26)30)22-11-13-28(36)34-33-22/h2-4,6-10,12,16,18,25,31-32,35H,5,11,13-15,17H2,1H3,(H,34,36). The quantitative estimate of drug-likeness (QED) is 0.207. The van der Waals surface area contributed by atoms with Crippen LogP contribution in [0.4, 0.5) is 0 Å². The fourth-order valence-electron chi connectivity index (χ4n) is 4.52. The normalized spacial score (nSPS) is 15.2. The van der Waals surface area contributed by atoms with Crippen molar-refractivity contribution in [3.05, 3.63) is 71.2 Å². The zero-order chi connectivity index (χ0) is 26.5. The van der Waals surface area contributed by atoms with Crippen LogP contribution in [-0.2, 0) is 4.79 Å². The number of nitrogens with one attached hydrogen (secondary N) is 3. The first-order valence-corrected chi connectivity index (χ1v) is 13.2. The number of hydrazone groups is 1. The molecule has 1 amide bonds. The number of carbonyl (C=O) groups excluding carboxylic acids is 1. The van der Waals surface area contributed by atoms with E-state index in [9.17, 15) is 9.90 Å². The summed E-state index contributed by atoms with van der Waals surface area (Å²) in [6.07, 6.45) is 0.681. The summed E-state index contributed by atoms with van der Waals surface area (Å²) in [6, 6.07) is 19.6. The van der Waals surface area contributed by atoms with Crippen LogP contribution in [0, 0.1) is 0 Å². The largest absolute Gasteiger partial charge is 0.492 e. The fourth-order valence-corrected chi connectivity index (χ4v) is 4.76. The second-order valence-electron chi connectivity index (χ2n) is 9.38. The van der Waals surface area contributed by atoms with Gasteiger partial charge in [-0.05, 0) is 61.9 Å². The van der Waals surface area contributed by atoms with Crippen molar-refractivity contribution in [3.8, 4) is 11.5 Å². The highest BCUT2D eigenvalue weighted by Crippen LogP contribution is 2.33. The summed E-state index contributed by atoms with van der Waals surface area (Å²) in [5.41, 5.74) is 6.24. The van der Waals surface area contributed by atoms with Gasteiger partial charge in [-0.3, -0.25) is 4.79 Å². The van der Waals surface area contributed by atoms with Gasteiger partial charge >= 0.3 is 0 Å². The molecule has 198 valence electrons. The van der Waals surface area contributed by atoms with Gasteiger partial charge in [0, 0.05) is 35.7 Å². The van der Waals surface area contributed by atoms with Gasteiger partial charge in [0.15, 0.2) is 0 Å². The Morgan fingerprint density at radius 2 is 1.92 bits per heavy atom. The zero-order valence-corrected chi connectivity index (χ0v) is 21.9. The fraction of sp³-hybridized carbons (Fsp3) is 0.310. The molecular formula is C29H31ClN4O4. The van der Waals surface area contributed by atoms with Crippen molar-refractivity contribution in [1.82, 2.24) is 15.7 Å². The van der Waals surface area contributed by atoms with Crippen molar-refractivity contribution in [2.24, 2.45) is 5.10 Å². The third-order valence-electron chi connectivity index (χ3n) is 6.63. The van der Waals surface area contributed by atoms with Crippen LogP contribution in [0.5, 0.6) is 11.5 Å². The number of amides is 1. The lowest BCUT2D eigenvalue weighted by Gasteiger charge is -2.21. The van der Waals surface area contributed by atoms with Crippen LogP contribution in [0.2, 0.25) is 5.02 Å². The molecule has 38 heavy (non-hydrogen) atoms. The number of halogens is 1. The number of carbonyl (C=O) groups is 1. The molecule has 8 nitrogen and oxygen atoms in total. The molecule has 9 heteroatoms. The monoisotopic (exact) mass is 534 g/mol. The van der Waals surface area contributed by atoms with Gasteiger partial charge in [-0.25, -0.2) is 5.43 Å². The average molecular weight is 535 g/mol. The molecule has 0 radical (unpaired) electrons. The molecule has 1 aliphatic heterocycles. The Bertz CT molecular complexity index is 1470. The van der Waals surface area contributed by atoms with Crippen LogP contribution in [0.15, 0.2) is 65.8 Å². The number of aliphatic hydroxyl groups excluding tert-OH is 1. The van der Waals surface area contributed by atoms with Gasteiger partial charge in [0.25, 0.3) is 0 Å². The first-order valence-electron chi connectivity index (χ1n) is 12.8. The van der Waals surface area contributed by atoms with E-state index in [1.165, 1.54) is 0 Å². The zero-order valence-electron chi connectivity index (χ0n) is 21.2. The Kier molecular flexibility index (Phi) is 8.12. The minimum Gasteiger partial charge on any atom is -0.492 e. The van der Waals surface area contributed by atoms with E-state index in [1.54, 1.807) is 6.07 Å². The topological polar surface area (TPSA) is 108 Å². The maximum atomic E-state index is 11.3. The van der Waals surface area contributed by atoms with Gasteiger partial charge in [-0.1, -0.05) is 35.9 Å². The number of hydrogen-bond acceptors (Lipinski definition) is 6. The van der Waals surface area contributed by atoms with Gasteiger partial charge in [0.1, 0.15) is 23.7 Å². The minimum atomic E-state index is -0.675. The van der Waals surface area contributed by atoms with Crippen LogP contribution in [0.25, 0.3) is 21.8 Å². The Morgan fingerprint density at radius 1 is 1.08 bits per heavy atom. The molecule has 3 aromatic carbocycles. The second kappa shape index (κ2) is 11.9. The first-order chi connectivity index (χ1) is 18.5. The van der Waals surface area contributed by atoms with E-state index in [4.69, 9.17) is 21.1 Å². The van der Waals surface area contributed by atoms with Gasteiger partial charge in [-0.15, -0.1) is 0 Å². The molecule has 0 saturated heterocycles. The Balaban J connectivity index is 1.06. The number of ether oxygens (including phenoxy) is 2. The number of aromatic amines is 1. The van der Waals surface area contributed by atoms with Crippen molar-refractivity contribution in [2.75, 3.05) is 19.7 Å². The number of hydrogen-bond donors (Lipinski definition) is 4. The lowest BCUT2D eigenvalue weighted by molar-refractivity contribution is -0.121. The van der Waals surface area contributed by atoms with E-state index in [0.29, 0.717) is 43.3 Å². The average Bonchev–Trinajstić information content (AvgIpc) is 3.31. The lowest BCUT2D eigenvalue weighted by Crippen LogP contribution is -2.38. The summed E-state index contributed by atoms with van der Waals surface area (Å²) in [5, 5.41) is 20.7. The molecule has 0 aliphatic carbocycles. The van der Waals surface area contributed by atoms with E-state index in [2.05, 4.69) is 26.9 Å². The molecule has 2 atom stereocenters. The van der Waals surface area contributed by atoms with Crippen LogP contribution in [0.1, 0.15) is 31.7 Å². The van der Waals surface area contributed by atoms with Gasteiger partial charge in [-0.2, -0.15) is 5.10 Å². The highest BCUT2D eigenvalue weighted by molar-refractivity contribution is 6.32. The highest BCUT2D eigenvalue weighted by Gasteiger charge is 2.18. The van der Waals surface area contributed by atoms with Crippen molar-refractivity contribution in [3.63, 3.8) is 0 Å². The third-order valence-corrected chi connectivity index (χ3v) is 6.92. The molecular weight excluding hydrogens is 504 g/mol. The van der Waals surface area contributed by atoms with E-state index in [1.807, 2.05) is 55.5 Å². The van der Waals surface area contributed by atoms with Gasteiger partial charge < -0.3 is 24.9 Å². The van der Waals surface area contributed by atoms with Crippen molar-refractivity contribution >= 4 is 45.0 Å². The van der Waals surface area contributed by atoms with E-state index >= 15 is 0 Å². The van der Waals surface area contributed by atoms with Crippen molar-refractivity contribution in [1.29, 1.82) is 0 Å². The predicted octanol–water partition coefficient (Wildman–Crippen LogP) is 4.78. The molecule has 1 aliphatic rings. The molecule has 0 fully saturated rings. The van der Waals surface area contributed by atoms with Crippen LogP contribution < -0.4 is 20.2 Å². The molecule has 0 spiro atoms. The summed E-state index contributed by atoms with van der Waals surface area (Å²) in [7, 11) is 0. The number of aromatic nitrogens is 1. The maximum absolute atomic E-state index is 11.3. The Labute approximate surface area is 226 Å². The number of H-pyrrole nitrogens is 1. The maximum Gasteiger partial charge on any atom is 0.240 e. The number of fused-ring (bicyclic) bond motifs is 3. The number of nitrogens with zero attached hydrogens (tertiary/aromatic N) is 1. The number of para-hydroxylation sites is 1. The molecule has 1 aromatic heterocycles. The van der Waals surface area contributed by atoms with Gasteiger partial charge in [0.2, 0.25) is 5.91 Å². The molecule has 0 bridgehead atoms. The summed E-state index contributed by atoms with van der Waals surface area (Å²) in [4.78, 5) is 14.7. The predicted molar refractivity (Wildman–Crippen MR) is 150 cm³/mol. The number of aliphatic hydroxyl groups is 1. The van der Waals surface area contributed by atoms with Crippen LogP contribution >= 0.6 is 11.6 Å². The highest BCUT2D eigenvalue weighted by atomic mass is 35.5. The SMILES string of the molecule is CC(Oc1cccc2[nH]c3ccccc3c12)C(O)CNCCCOc1ccc(C2=NNC(=O)CC2)cc1Cl. The number of rotatable bonds is 11. The Hall–Kier alpha value is -3.59. The first kappa shape index (κ1) is 26.0. The molecule has 4 aromatic rings. The smallest absolute Gasteiger partial charge is 0.240 e. The summed E-state index contributed by atoms with van der Waals surface area (Å²) in [5.74, 6) is 1.28. The summed E-state index contributed by atoms with van der Waals surface area (Å²) >= 11 is 6.39. The molecule has 5 rings (SSSR count). The van der Waals surface area contributed by atoms with E-state index in [-0.39, 0.29) is 5.91 Å². The molecule has 4 N–H and O–H groups in total. The van der Waals surface area contributed by atoms with Crippen molar-refractivity contribution < 1.29 is 19.4 Å². The van der Waals surface area contributed by atoms with Crippen LogP contribution in [0.3, 0.4) is 0 Å². The molecule has 2 unspecified atom stereocenters. The Morgan fingerprint density at radius 3 is 2.74 bits per heavy atom. The van der Waals surface area contributed by atoms with E-state index < -0.39 is 12.2 Å². The van der Waals surface area contributed by atoms with E-state index in [0.717, 1.165) is 45.3 Å². The third kappa shape index (κ3) is 5.93. The number of benzene rings is 3. The van der Waals surface area contributed by atoms with Crippen LogP contribution in [-0.4, -0.2) is 53.6 Å². The van der Waals surface area contributed by atoms with Gasteiger partial charge in [0.05, 0.1) is 22.9 Å². The molecule has 0 saturated carbocycles.